The zero-order chi connectivity index (χ0) is 14.4. The first-order valence-corrected chi connectivity index (χ1v) is 7.02. The molecule has 110 valence electrons. The van der Waals surface area contributed by atoms with E-state index in [-0.39, 0.29) is 6.54 Å². The normalized spacial score (nSPS) is 14.1. The maximum absolute atomic E-state index is 10.9. The van der Waals surface area contributed by atoms with Crippen LogP contribution in [0, 0.1) is 0 Å². The lowest BCUT2D eigenvalue weighted by Gasteiger charge is -2.21. The fraction of sp³-hybridized carbons (Fsp3) is 0.533. The Hall–Kier alpha value is -1.75. The lowest BCUT2D eigenvalue weighted by atomic mass is 10.1. The van der Waals surface area contributed by atoms with Gasteiger partial charge in [-0.3, -0.25) is 9.69 Å². The molecule has 0 unspecified atom stereocenters. The van der Waals surface area contributed by atoms with Gasteiger partial charge in [0.25, 0.3) is 0 Å². The van der Waals surface area contributed by atoms with Crippen LogP contribution in [0.5, 0.6) is 11.5 Å². The predicted octanol–water partition coefficient (Wildman–Crippen LogP) is 2.14. The Bertz CT molecular complexity index is 461. The van der Waals surface area contributed by atoms with E-state index in [4.69, 9.17) is 14.6 Å². The van der Waals surface area contributed by atoms with Crippen molar-refractivity contribution < 1.29 is 19.4 Å². The molecule has 0 aliphatic carbocycles. The van der Waals surface area contributed by atoms with E-state index >= 15 is 0 Å². The van der Waals surface area contributed by atoms with E-state index in [1.54, 1.807) is 0 Å². The number of ether oxygens (including phenoxy) is 2. The maximum Gasteiger partial charge on any atom is 0.317 e. The van der Waals surface area contributed by atoms with Crippen LogP contribution in [0.4, 0.5) is 0 Å². The number of para-hydroxylation sites is 1. The number of fused-ring (bicyclic) bond motifs is 1. The summed E-state index contributed by atoms with van der Waals surface area (Å²) in [6.07, 6.45) is 1.78. The van der Waals surface area contributed by atoms with Crippen molar-refractivity contribution in [2.75, 3.05) is 26.3 Å². The van der Waals surface area contributed by atoms with Gasteiger partial charge in [0.1, 0.15) is 0 Å². The van der Waals surface area contributed by atoms with Crippen LogP contribution in [0.2, 0.25) is 0 Å². The molecule has 1 aliphatic heterocycles. The largest absolute Gasteiger partial charge is 0.490 e. The lowest BCUT2D eigenvalue weighted by Crippen LogP contribution is -2.30. The molecule has 0 bridgehead atoms. The molecule has 0 amide bonds. The van der Waals surface area contributed by atoms with E-state index < -0.39 is 5.97 Å². The maximum atomic E-state index is 10.9. The minimum atomic E-state index is -0.808. The van der Waals surface area contributed by atoms with Crippen molar-refractivity contribution in [3.05, 3.63) is 23.8 Å². The van der Waals surface area contributed by atoms with Crippen molar-refractivity contribution in [3.63, 3.8) is 0 Å². The molecule has 1 aliphatic rings. The van der Waals surface area contributed by atoms with Gasteiger partial charge in [-0.2, -0.15) is 0 Å². The van der Waals surface area contributed by atoms with Gasteiger partial charge in [-0.05, 0) is 19.0 Å². The number of carboxylic acids is 1. The number of aliphatic carboxylic acids is 1. The highest BCUT2D eigenvalue weighted by molar-refractivity contribution is 5.69. The second-order valence-corrected chi connectivity index (χ2v) is 4.90. The zero-order valence-electron chi connectivity index (χ0n) is 11.8. The summed E-state index contributed by atoms with van der Waals surface area (Å²) in [4.78, 5) is 12.8. The SMILES string of the molecule is CCCN(CC(=O)O)Cc1cccc2c1OCCCO2. The molecular weight excluding hydrogens is 258 g/mol. The second kappa shape index (κ2) is 7.14. The van der Waals surface area contributed by atoms with Gasteiger partial charge in [0.05, 0.1) is 19.8 Å². The van der Waals surface area contributed by atoms with Crippen LogP contribution in [0.1, 0.15) is 25.3 Å². The molecule has 1 aromatic carbocycles. The van der Waals surface area contributed by atoms with Gasteiger partial charge in [0, 0.05) is 18.5 Å². The van der Waals surface area contributed by atoms with Crippen LogP contribution in [0.25, 0.3) is 0 Å². The van der Waals surface area contributed by atoms with Gasteiger partial charge in [-0.1, -0.05) is 19.1 Å². The highest BCUT2D eigenvalue weighted by atomic mass is 16.5. The van der Waals surface area contributed by atoms with E-state index in [1.165, 1.54) is 0 Å². The molecule has 0 atom stereocenters. The average molecular weight is 279 g/mol. The van der Waals surface area contributed by atoms with E-state index in [9.17, 15) is 4.79 Å². The number of hydrogen-bond acceptors (Lipinski definition) is 4. The Kier molecular flexibility index (Phi) is 5.24. The summed E-state index contributed by atoms with van der Waals surface area (Å²) >= 11 is 0. The minimum Gasteiger partial charge on any atom is -0.490 e. The van der Waals surface area contributed by atoms with Crippen molar-refractivity contribution >= 4 is 5.97 Å². The van der Waals surface area contributed by atoms with Crippen molar-refractivity contribution in [1.29, 1.82) is 0 Å². The summed E-state index contributed by atoms with van der Waals surface area (Å²) in [5, 5.41) is 8.97. The number of hydrogen-bond donors (Lipinski definition) is 1. The van der Waals surface area contributed by atoms with Gasteiger partial charge in [-0.15, -0.1) is 0 Å². The highest BCUT2D eigenvalue weighted by Crippen LogP contribution is 2.33. The third-order valence-corrected chi connectivity index (χ3v) is 3.15. The Labute approximate surface area is 119 Å². The molecule has 5 heteroatoms. The molecule has 5 nitrogen and oxygen atoms in total. The summed E-state index contributed by atoms with van der Waals surface area (Å²) in [5.74, 6) is 0.709. The molecule has 2 rings (SSSR count). The predicted molar refractivity (Wildman–Crippen MR) is 75.3 cm³/mol. The van der Waals surface area contributed by atoms with Crippen LogP contribution >= 0.6 is 0 Å². The van der Waals surface area contributed by atoms with E-state index in [1.807, 2.05) is 30.0 Å². The topological polar surface area (TPSA) is 59.0 Å². The van der Waals surface area contributed by atoms with Crippen LogP contribution in [0.15, 0.2) is 18.2 Å². The van der Waals surface area contributed by atoms with Crippen LogP contribution < -0.4 is 9.47 Å². The van der Waals surface area contributed by atoms with E-state index in [2.05, 4.69) is 0 Å². The smallest absolute Gasteiger partial charge is 0.317 e. The number of nitrogens with zero attached hydrogens (tertiary/aromatic N) is 1. The molecule has 1 heterocycles. The first-order valence-electron chi connectivity index (χ1n) is 7.02. The van der Waals surface area contributed by atoms with Crippen molar-refractivity contribution in [2.45, 2.75) is 26.3 Å². The minimum absolute atomic E-state index is 0.0400. The van der Waals surface area contributed by atoms with Gasteiger partial charge in [-0.25, -0.2) is 0 Å². The molecular formula is C15H21NO4. The molecule has 0 fully saturated rings. The lowest BCUT2D eigenvalue weighted by molar-refractivity contribution is -0.138. The monoisotopic (exact) mass is 279 g/mol. The van der Waals surface area contributed by atoms with Gasteiger partial charge >= 0.3 is 5.97 Å². The fourth-order valence-corrected chi connectivity index (χ4v) is 2.34. The summed E-state index contributed by atoms with van der Waals surface area (Å²) in [7, 11) is 0. The molecule has 0 saturated carbocycles. The van der Waals surface area contributed by atoms with Crippen LogP contribution in [-0.4, -0.2) is 42.3 Å². The molecule has 1 aromatic rings. The molecule has 20 heavy (non-hydrogen) atoms. The zero-order valence-corrected chi connectivity index (χ0v) is 11.8. The summed E-state index contributed by atoms with van der Waals surface area (Å²) in [6.45, 7) is 4.68. The van der Waals surface area contributed by atoms with Gasteiger partial charge < -0.3 is 14.6 Å². The van der Waals surface area contributed by atoms with Gasteiger partial charge in [0.2, 0.25) is 0 Å². The Morgan fingerprint density at radius 3 is 2.90 bits per heavy atom. The van der Waals surface area contributed by atoms with E-state index in [0.29, 0.717) is 19.8 Å². The highest BCUT2D eigenvalue weighted by Gasteiger charge is 2.17. The first-order chi connectivity index (χ1) is 9.70. The first kappa shape index (κ1) is 14.7. The van der Waals surface area contributed by atoms with Crippen LogP contribution in [0.3, 0.4) is 0 Å². The second-order valence-electron chi connectivity index (χ2n) is 4.90. The quantitative estimate of drug-likeness (QED) is 0.864. The molecule has 0 saturated heterocycles. The third kappa shape index (κ3) is 3.87. The third-order valence-electron chi connectivity index (χ3n) is 3.15. The molecule has 0 radical (unpaired) electrons. The molecule has 0 aromatic heterocycles. The van der Waals surface area contributed by atoms with Crippen LogP contribution in [-0.2, 0) is 11.3 Å². The number of benzene rings is 1. The fourth-order valence-electron chi connectivity index (χ4n) is 2.34. The Morgan fingerprint density at radius 2 is 2.15 bits per heavy atom. The standard InChI is InChI=1S/C15H21NO4/c1-2-7-16(11-14(17)18)10-12-5-3-6-13-15(12)20-9-4-8-19-13/h3,5-6H,2,4,7-11H2,1H3,(H,17,18). The van der Waals surface area contributed by atoms with Crippen molar-refractivity contribution in [2.24, 2.45) is 0 Å². The van der Waals surface area contributed by atoms with Crippen molar-refractivity contribution in [1.82, 2.24) is 4.90 Å². The number of rotatable bonds is 6. The summed E-state index contributed by atoms with van der Waals surface area (Å²) < 4.78 is 11.4. The number of carbonyl (C=O) groups is 1. The molecule has 0 spiro atoms. The Balaban J connectivity index is 2.16. The summed E-state index contributed by atoms with van der Waals surface area (Å²) in [5.41, 5.74) is 0.985. The average Bonchev–Trinajstić information content (AvgIpc) is 2.64. The summed E-state index contributed by atoms with van der Waals surface area (Å²) in [6, 6.07) is 5.79. The molecule has 1 N–H and O–H groups in total. The van der Waals surface area contributed by atoms with Gasteiger partial charge in [0.15, 0.2) is 11.5 Å². The number of carboxylic acid groups (broad SMARTS) is 1. The van der Waals surface area contributed by atoms with E-state index in [0.717, 1.165) is 36.4 Å². The Morgan fingerprint density at radius 1 is 1.35 bits per heavy atom. The van der Waals surface area contributed by atoms with Crippen molar-refractivity contribution in [3.8, 4) is 11.5 Å².